The van der Waals surface area contributed by atoms with E-state index < -0.39 is 53.6 Å². The quantitative estimate of drug-likeness (QED) is 0.509. The van der Waals surface area contributed by atoms with Gasteiger partial charge in [0.1, 0.15) is 11.6 Å². The Kier molecular flexibility index (Phi) is 6.57. The van der Waals surface area contributed by atoms with Crippen molar-refractivity contribution in [3.8, 4) is 0 Å². The summed E-state index contributed by atoms with van der Waals surface area (Å²) in [6.07, 6.45) is 4.20. The molecule has 8 nitrogen and oxygen atoms in total. The van der Waals surface area contributed by atoms with E-state index >= 15 is 0 Å². The standard InChI is InChI=1S/C26H34N2O6/c1-4-6-15-27(14-5-2)23(31)21-26-13-12-25(3,34-26)20(24(32)33)19(26)22(30)28(21)18(16-29)17-10-8-7-9-11-17/h5,7-11,18-21,29H,2,4,6,12-16H2,1,3H3,(H,32,33)/t18-,19+,20+,21?,25-,26?/m1/s1. The van der Waals surface area contributed by atoms with Gasteiger partial charge in [0, 0.05) is 13.1 Å². The number of carbonyl (C=O) groups excluding carboxylic acids is 2. The van der Waals surface area contributed by atoms with Crippen LogP contribution in [0.4, 0.5) is 0 Å². The third-order valence-corrected chi connectivity index (χ3v) is 7.85. The summed E-state index contributed by atoms with van der Waals surface area (Å²) < 4.78 is 6.44. The molecule has 0 aromatic heterocycles. The summed E-state index contributed by atoms with van der Waals surface area (Å²) in [6, 6.07) is 7.24. The SMILES string of the molecule is C=CCN(CCCC)C(=O)C1N([C@H](CO)c2ccccc2)C(=O)[C@@H]2[C@@H](C(=O)O)[C@@]3(C)CCC12O3. The lowest BCUT2D eigenvalue weighted by atomic mass is 9.66. The van der Waals surface area contributed by atoms with Crippen molar-refractivity contribution < 1.29 is 29.3 Å². The number of benzene rings is 1. The summed E-state index contributed by atoms with van der Waals surface area (Å²) in [6.45, 7) is 7.97. The molecule has 3 heterocycles. The number of carboxylic acids is 1. The van der Waals surface area contributed by atoms with E-state index in [0.29, 0.717) is 31.5 Å². The van der Waals surface area contributed by atoms with Crippen molar-refractivity contribution in [2.45, 2.75) is 62.8 Å². The number of aliphatic hydroxyl groups is 1. The molecule has 0 saturated carbocycles. The molecule has 1 aromatic carbocycles. The third kappa shape index (κ3) is 3.55. The topological polar surface area (TPSA) is 107 Å². The second kappa shape index (κ2) is 9.15. The Morgan fingerprint density at radius 2 is 2.03 bits per heavy atom. The molecule has 8 heteroatoms. The Balaban J connectivity index is 1.84. The molecule has 0 aliphatic carbocycles. The number of unbranched alkanes of at least 4 members (excludes halogenated alkanes) is 1. The van der Waals surface area contributed by atoms with E-state index in [-0.39, 0.29) is 5.91 Å². The van der Waals surface area contributed by atoms with Gasteiger partial charge in [-0.25, -0.2) is 0 Å². The van der Waals surface area contributed by atoms with Crippen molar-refractivity contribution >= 4 is 17.8 Å². The zero-order valence-electron chi connectivity index (χ0n) is 19.9. The monoisotopic (exact) mass is 470 g/mol. The molecule has 2 N–H and O–H groups in total. The second-order valence-electron chi connectivity index (χ2n) is 9.85. The normalized spacial score (nSPS) is 32.5. The van der Waals surface area contributed by atoms with Gasteiger partial charge in [-0.3, -0.25) is 14.4 Å². The number of likely N-dealkylation sites (tertiary alicyclic amines) is 1. The number of ether oxygens (including phenoxy) is 1. The predicted molar refractivity (Wildman–Crippen MR) is 125 cm³/mol. The molecule has 3 fully saturated rings. The number of hydrogen-bond donors (Lipinski definition) is 2. The van der Waals surface area contributed by atoms with Gasteiger partial charge < -0.3 is 24.7 Å². The molecule has 0 radical (unpaired) electrons. The van der Waals surface area contributed by atoms with E-state index in [2.05, 4.69) is 6.58 Å². The van der Waals surface area contributed by atoms with Crippen molar-refractivity contribution in [2.24, 2.45) is 11.8 Å². The number of nitrogens with zero attached hydrogens (tertiary/aromatic N) is 2. The van der Waals surface area contributed by atoms with Crippen LogP contribution in [0.15, 0.2) is 43.0 Å². The fourth-order valence-electron chi connectivity index (χ4n) is 6.35. The highest BCUT2D eigenvalue weighted by atomic mass is 16.5. The Labute approximate surface area is 200 Å². The van der Waals surface area contributed by atoms with Gasteiger partial charge in [-0.2, -0.15) is 0 Å². The van der Waals surface area contributed by atoms with Crippen LogP contribution in [-0.2, 0) is 19.1 Å². The highest BCUT2D eigenvalue weighted by molar-refractivity contribution is 5.98. The Bertz CT molecular complexity index is 967. The molecule has 3 aliphatic rings. The number of carbonyl (C=O) groups is 3. The highest BCUT2D eigenvalue weighted by Crippen LogP contribution is 2.64. The van der Waals surface area contributed by atoms with Crippen molar-refractivity contribution in [2.75, 3.05) is 19.7 Å². The van der Waals surface area contributed by atoms with Gasteiger partial charge in [-0.15, -0.1) is 6.58 Å². The molecule has 4 rings (SSSR count). The van der Waals surface area contributed by atoms with Crippen LogP contribution in [0.25, 0.3) is 0 Å². The molecule has 6 atom stereocenters. The molecule has 1 aromatic rings. The van der Waals surface area contributed by atoms with Crippen LogP contribution in [0.2, 0.25) is 0 Å². The lowest BCUT2D eigenvalue weighted by Gasteiger charge is -2.39. The van der Waals surface area contributed by atoms with Gasteiger partial charge in [-0.05, 0) is 31.7 Å². The van der Waals surface area contributed by atoms with E-state index in [9.17, 15) is 24.6 Å². The largest absolute Gasteiger partial charge is 0.481 e. The molecule has 184 valence electrons. The predicted octanol–water partition coefficient (Wildman–Crippen LogP) is 2.38. The van der Waals surface area contributed by atoms with Crippen molar-refractivity contribution in [1.29, 1.82) is 0 Å². The van der Waals surface area contributed by atoms with Crippen LogP contribution < -0.4 is 0 Å². The zero-order valence-corrected chi connectivity index (χ0v) is 19.9. The van der Waals surface area contributed by atoms with Crippen LogP contribution in [0, 0.1) is 11.8 Å². The van der Waals surface area contributed by atoms with Gasteiger partial charge in [0.2, 0.25) is 11.8 Å². The number of fused-ring (bicyclic) bond motifs is 1. The molecule has 34 heavy (non-hydrogen) atoms. The molecule has 1 spiro atoms. The lowest BCUT2D eigenvalue weighted by molar-refractivity contribution is -0.158. The van der Waals surface area contributed by atoms with E-state index in [0.717, 1.165) is 12.8 Å². The first-order valence-corrected chi connectivity index (χ1v) is 12.1. The summed E-state index contributed by atoms with van der Waals surface area (Å²) in [5.41, 5.74) is -1.56. The van der Waals surface area contributed by atoms with Gasteiger partial charge in [0.25, 0.3) is 0 Å². The number of aliphatic hydroxyl groups excluding tert-OH is 1. The maximum absolute atomic E-state index is 14.1. The number of rotatable bonds is 10. The summed E-state index contributed by atoms with van der Waals surface area (Å²) in [5.74, 6) is -3.84. The lowest BCUT2D eigenvalue weighted by Crippen LogP contribution is -2.57. The number of amides is 2. The molecule has 3 aliphatic heterocycles. The highest BCUT2D eigenvalue weighted by Gasteiger charge is 2.78. The van der Waals surface area contributed by atoms with Crippen molar-refractivity contribution in [3.05, 3.63) is 48.6 Å². The van der Waals surface area contributed by atoms with E-state index in [4.69, 9.17) is 4.74 Å². The Morgan fingerprint density at radius 1 is 1.32 bits per heavy atom. The van der Waals surface area contributed by atoms with Crippen molar-refractivity contribution in [3.63, 3.8) is 0 Å². The molecular weight excluding hydrogens is 436 g/mol. The van der Waals surface area contributed by atoms with Crippen LogP contribution in [0.1, 0.15) is 51.1 Å². The summed E-state index contributed by atoms with van der Waals surface area (Å²) in [7, 11) is 0. The minimum absolute atomic E-state index is 0.283. The maximum atomic E-state index is 14.1. The fourth-order valence-corrected chi connectivity index (χ4v) is 6.35. The molecule has 2 unspecified atom stereocenters. The minimum atomic E-state index is -1.24. The average Bonchev–Trinajstić information content (AvgIpc) is 3.39. The number of carboxylic acid groups (broad SMARTS) is 1. The number of aliphatic carboxylic acids is 1. The van der Waals surface area contributed by atoms with Crippen LogP contribution in [0.3, 0.4) is 0 Å². The molecular formula is C26H34N2O6. The van der Waals surface area contributed by atoms with E-state index in [1.807, 2.05) is 25.1 Å². The molecule has 2 amide bonds. The zero-order chi connectivity index (χ0) is 24.7. The van der Waals surface area contributed by atoms with Crippen LogP contribution >= 0.6 is 0 Å². The third-order valence-electron chi connectivity index (χ3n) is 7.85. The minimum Gasteiger partial charge on any atom is -0.481 e. The maximum Gasteiger partial charge on any atom is 0.310 e. The summed E-state index contributed by atoms with van der Waals surface area (Å²) >= 11 is 0. The molecule has 2 bridgehead atoms. The smallest absolute Gasteiger partial charge is 0.310 e. The van der Waals surface area contributed by atoms with Gasteiger partial charge in [0.15, 0.2) is 0 Å². The van der Waals surface area contributed by atoms with E-state index in [1.165, 1.54) is 4.90 Å². The average molecular weight is 471 g/mol. The summed E-state index contributed by atoms with van der Waals surface area (Å²) in [4.78, 5) is 43.6. The summed E-state index contributed by atoms with van der Waals surface area (Å²) in [5, 5.41) is 20.5. The Morgan fingerprint density at radius 3 is 2.62 bits per heavy atom. The number of hydrogen-bond acceptors (Lipinski definition) is 5. The molecule has 3 saturated heterocycles. The first kappa shape index (κ1) is 24.4. The van der Waals surface area contributed by atoms with Gasteiger partial charge in [-0.1, -0.05) is 49.8 Å². The van der Waals surface area contributed by atoms with E-state index in [1.54, 1.807) is 30.0 Å². The first-order chi connectivity index (χ1) is 16.3. The Hall–Kier alpha value is -2.71. The van der Waals surface area contributed by atoms with Crippen molar-refractivity contribution in [1.82, 2.24) is 9.80 Å². The van der Waals surface area contributed by atoms with Crippen LogP contribution in [-0.4, -0.2) is 74.7 Å². The van der Waals surface area contributed by atoms with Gasteiger partial charge >= 0.3 is 5.97 Å². The fraction of sp³-hybridized carbons (Fsp3) is 0.577. The first-order valence-electron chi connectivity index (χ1n) is 12.1. The van der Waals surface area contributed by atoms with Gasteiger partial charge in [0.05, 0.1) is 30.1 Å². The van der Waals surface area contributed by atoms with Crippen LogP contribution in [0.5, 0.6) is 0 Å². The second-order valence-corrected chi connectivity index (χ2v) is 9.85.